The van der Waals surface area contributed by atoms with Crippen LogP contribution in [0.15, 0.2) is 4.52 Å². The van der Waals surface area contributed by atoms with Gasteiger partial charge in [-0.05, 0) is 0 Å². The molecule has 0 saturated carbocycles. The number of nitrogens with zero attached hydrogens (tertiary/aromatic N) is 2. The molecule has 0 fully saturated rings. The smallest absolute Gasteiger partial charge is 0.309 e. The van der Waals surface area contributed by atoms with Crippen molar-refractivity contribution in [2.75, 3.05) is 12.9 Å². The van der Waals surface area contributed by atoms with Gasteiger partial charge in [-0.3, -0.25) is 4.79 Å². The minimum Gasteiger partial charge on any atom is -0.469 e. The molecular weight excluding hydrogens is 252 g/mol. The van der Waals surface area contributed by atoms with E-state index >= 15 is 0 Å². The van der Waals surface area contributed by atoms with Crippen LogP contribution in [0.5, 0.6) is 0 Å². The SMILES string of the molecule is COC(=O)C(C)CSCc1noc(C(C)(C)C)n1. The first kappa shape index (κ1) is 15.0. The largest absolute Gasteiger partial charge is 0.469 e. The molecule has 102 valence electrons. The van der Waals surface area contributed by atoms with Crippen LogP contribution < -0.4 is 0 Å². The van der Waals surface area contributed by atoms with Gasteiger partial charge in [0, 0.05) is 11.2 Å². The van der Waals surface area contributed by atoms with Crippen LogP contribution in [0.4, 0.5) is 0 Å². The molecule has 1 rings (SSSR count). The lowest BCUT2D eigenvalue weighted by Crippen LogP contribution is -2.15. The average molecular weight is 272 g/mol. The Bertz CT molecular complexity index is 398. The zero-order valence-corrected chi connectivity index (χ0v) is 12.3. The van der Waals surface area contributed by atoms with Gasteiger partial charge in [0.1, 0.15) is 0 Å². The van der Waals surface area contributed by atoms with E-state index in [2.05, 4.69) is 14.9 Å². The maximum Gasteiger partial charge on any atom is 0.309 e. The van der Waals surface area contributed by atoms with E-state index < -0.39 is 0 Å². The highest BCUT2D eigenvalue weighted by atomic mass is 32.2. The molecule has 1 heterocycles. The van der Waals surface area contributed by atoms with Gasteiger partial charge < -0.3 is 9.26 Å². The van der Waals surface area contributed by atoms with Gasteiger partial charge in [0.15, 0.2) is 5.82 Å². The van der Waals surface area contributed by atoms with Crippen LogP contribution >= 0.6 is 11.8 Å². The summed E-state index contributed by atoms with van der Waals surface area (Å²) in [5.74, 6) is 2.33. The molecule has 0 aliphatic carbocycles. The number of esters is 1. The topological polar surface area (TPSA) is 65.2 Å². The Hall–Kier alpha value is -1.04. The fourth-order valence-corrected chi connectivity index (χ4v) is 2.12. The highest BCUT2D eigenvalue weighted by Crippen LogP contribution is 2.21. The molecule has 0 aliphatic heterocycles. The number of thioether (sulfide) groups is 1. The van der Waals surface area contributed by atoms with Crippen molar-refractivity contribution in [3.63, 3.8) is 0 Å². The van der Waals surface area contributed by atoms with Crippen molar-refractivity contribution >= 4 is 17.7 Å². The Morgan fingerprint density at radius 2 is 2.17 bits per heavy atom. The number of ether oxygens (including phenoxy) is 1. The van der Waals surface area contributed by atoms with E-state index in [0.717, 1.165) is 0 Å². The van der Waals surface area contributed by atoms with Crippen LogP contribution in [0.3, 0.4) is 0 Å². The third-order valence-corrected chi connectivity index (χ3v) is 3.51. The molecule has 1 aromatic heterocycles. The second-order valence-corrected chi connectivity index (χ2v) is 6.24. The van der Waals surface area contributed by atoms with Crippen molar-refractivity contribution in [2.24, 2.45) is 5.92 Å². The van der Waals surface area contributed by atoms with Crippen LogP contribution in [0.25, 0.3) is 0 Å². The molecule has 18 heavy (non-hydrogen) atoms. The third kappa shape index (κ3) is 4.33. The van der Waals surface area contributed by atoms with E-state index in [9.17, 15) is 4.79 Å². The van der Waals surface area contributed by atoms with Crippen molar-refractivity contribution in [1.82, 2.24) is 10.1 Å². The fraction of sp³-hybridized carbons (Fsp3) is 0.750. The molecular formula is C12H20N2O3S. The molecule has 5 nitrogen and oxygen atoms in total. The number of aromatic nitrogens is 2. The Balaban J connectivity index is 2.41. The van der Waals surface area contributed by atoms with Gasteiger partial charge in [-0.2, -0.15) is 16.7 Å². The van der Waals surface area contributed by atoms with Crippen LogP contribution in [0.2, 0.25) is 0 Å². The summed E-state index contributed by atoms with van der Waals surface area (Å²) in [6, 6.07) is 0. The lowest BCUT2D eigenvalue weighted by atomic mass is 9.97. The Labute approximate surface area is 112 Å². The number of methoxy groups -OCH3 is 1. The van der Waals surface area contributed by atoms with E-state index in [1.807, 2.05) is 27.7 Å². The standard InChI is InChI=1S/C12H20N2O3S/c1-8(10(15)16-5)6-18-7-9-13-11(17-14-9)12(2,3)4/h8H,6-7H2,1-5H3. The highest BCUT2D eigenvalue weighted by molar-refractivity contribution is 7.98. The summed E-state index contributed by atoms with van der Waals surface area (Å²) >= 11 is 1.60. The molecule has 1 aromatic rings. The number of carbonyl (C=O) groups excluding carboxylic acids is 1. The number of hydrogen-bond acceptors (Lipinski definition) is 6. The minimum absolute atomic E-state index is 0.117. The first-order valence-corrected chi connectivity index (χ1v) is 6.98. The van der Waals surface area contributed by atoms with Gasteiger partial charge in [-0.1, -0.05) is 32.9 Å². The normalized spacial score (nSPS) is 13.4. The van der Waals surface area contributed by atoms with Gasteiger partial charge in [-0.25, -0.2) is 0 Å². The molecule has 0 aromatic carbocycles. The molecule has 1 unspecified atom stereocenters. The molecule has 0 N–H and O–H groups in total. The van der Waals surface area contributed by atoms with Crippen LogP contribution in [0.1, 0.15) is 39.4 Å². The zero-order valence-electron chi connectivity index (χ0n) is 11.5. The molecule has 0 spiro atoms. The maximum atomic E-state index is 11.2. The summed E-state index contributed by atoms with van der Waals surface area (Å²) in [5.41, 5.74) is -0.130. The molecule has 0 bridgehead atoms. The average Bonchev–Trinajstić information content (AvgIpc) is 2.76. The van der Waals surface area contributed by atoms with Gasteiger partial charge >= 0.3 is 5.97 Å². The molecule has 6 heteroatoms. The minimum atomic E-state index is -0.189. The van der Waals surface area contributed by atoms with Crippen LogP contribution in [-0.2, 0) is 20.7 Å². The van der Waals surface area contributed by atoms with Gasteiger partial charge in [0.2, 0.25) is 5.89 Å². The molecule has 0 radical (unpaired) electrons. The van der Waals surface area contributed by atoms with E-state index in [4.69, 9.17) is 4.52 Å². The first-order chi connectivity index (χ1) is 8.34. The van der Waals surface area contributed by atoms with E-state index in [1.54, 1.807) is 11.8 Å². The van der Waals surface area contributed by atoms with E-state index in [-0.39, 0.29) is 17.3 Å². The van der Waals surface area contributed by atoms with Crippen LogP contribution in [-0.4, -0.2) is 29.0 Å². The number of rotatable bonds is 5. The summed E-state index contributed by atoms with van der Waals surface area (Å²) in [4.78, 5) is 15.5. The van der Waals surface area contributed by atoms with Crippen LogP contribution in [0, 0.1) is 5.92 Å². The zero-order chi connectivity index (χ0) is 13.8. The summed E-state index contributed by atoms with van der Waals surface area (Å²) in [6.07, 6.45) is 0. The fourth-order valence-electron chi connectivity index (χ4n) is 1.21. The van der Waals surface area contributed by atoms with E-state index in [0.29, 0.717) is 23.2 Å². The summed E-state index contributed by atoms with van der Waals surface area (Å²) in [6.45, 7) is 7.92. The van der Waals surface area contributed by atoms with Crippen molar-refractivity contribution in [3.05, 3.63) is 11.7 Å². The quantitative estimate of drug-likeness (QED) is 0.767. The molecule has 0 aliphatic rings. The second-order valence-electron chi connectivity index (χ2n) is 5.21. The summed E-state index contributed by atoms with van der Waals surface area (Å²) < 4.78 is 9.85. The molecule has 0 saturated heterocycles. The first-order valence-electron chi connectivity index (χ1n) is 5.83. The lowest BCUT2D eigenvalue weighted by molar-refractivity contribution is -0.143. The Morgan fingerprint density at radius 3 is 2.67 bits per heavy atom. The molecule has 1 atom stereocenters. The summed E-state index contributed by atoms with van der Waals surface area (Å²) in [5, 5.41) is 3.92. The van der Waals surface area contributed by atoms with Gasteiger partial charge in [0.25, 0.3) is 0 Å². The second kappa shape index (κ2) is 6.22. The lowest BCUT2D eigenvalue weighted by Gasteiger charge is -2.10. The van der Waals surface area contributed by atoms with Crippen molar-refractivity contribution < 1.29 is 14.1 Å². The molecule has 0 amide bonds. The Morgan fingerprint density at radius 1 is 1.50 bits per heavy atom. The maximum absolute atomic E-state index is 11.2. The third-order valence-electron chi connectivity index (χ3n) is 2.31. The van der Waals surface area contributed by atoms with Crippen molar-refractivity contribution in [3.8, 4) is 0 Å². The van der Waals surface area contributed by atoms with Gasteiger partial charge in [-0.15, -0.1) is 0 Å². The predicted octanol–water partition coefficient (Wildman–Crippen LogP) is 2.41. The van der Waals surface area contributed by atoms with Crippen molar-refractivity contribution in [1.29, 1.82) is 0 Å². The monoisotopic (exact) mass is 272 g/mol. The number of hydrogen-bond donors (Lipinski definition) is 0. The highest BCUT2D eigenvalue weighted by Gasteiger charge is 2.21. The van der Waals surface area contributed by atoms with Crippen molar-refractivity contribution in [2.45, 2.75) is 38.9 Å². The number of carbonyl (C=O) groups is 1. The predicted molar refractivity (Wildman–Crippen MR) is 70.3 cm³/mol. The van der Waals surface area contributed by atoms with Gasteiger partial charge in [0.05, 0.1) is 18.8 Å². The van der Waals surface area contributed by atoms with E-state index in [1.165, 1.54) is 7.11 Å². The Kier molecular flexibility index (Phi) is 5.19. The summed E-state index contributed by atoms with van der Waals surface area (Å²) in [7, 11) is 1.40.